The molecule has 5 rings (SSSR count). The number of hydrogen-bond donors (Lipinski definition) is 2. The molecule has 0 atom stereocenters. The van der Waals surface area contributed by atoms with Crippen LogP contribution in [0.1, 0.15) is 11.1 Å². The summed E-state index contributed by atoms with van der Waals surface area (Å²) in [6.45, 7) is 0. The summed E-state index contributed by atoms with van der Waals surface area (Å²) in [7, 11) is 0. The fourth-order valence-corrected chi connectivity index (χ4v) is 3.99. The van der Waals surface area contributed by atoms with Crippen LogP contribution in [-0.4, -0.2) is 11.7 Å². The van der Waals surface area contributed by atoms with Crippen molar-refractivity contribution in [2.24, 2.45) is 0 Å². The Morgan fingerprint density at radius 2 is 0.966 bits per heavy atom. The summed E-state index contributed by atoms with van der Waals surface area (Å²) in [6.07, 6.45) is 0. The summed E-state index contributed by atoms with van der Waals surface area (Å²) < 4.78 is 0. The third-order valence-corrected chi connectivity index (χ3v) is 5.31. The summed E-state index contributed by atoms with van der Waals surface area (Å²) >= 11 is 0. The topological polar surface area (TPSA) is 50.9 Å². The molecule has 1 aliphatic heterocycles. The lowest BCUT2D eigenvalue weighted by Crippen LogP contribution is -2.29. The summed E-state index contributed by atoms with van der Waals surface area (Å²) in [5.41, 5.74) is 6.66. The van der Waals surface area contributed by atoms with E-state index in [9.17, 15) is 0 Å². The molecule has 1 heterocycles. The first kappa shape index (κ1) is 17.1. The molecule has 0 aliphatic carbocycles. The van der Waals surface area contributed by atoms with Crippen molar-refractivity contribution in [2.75, 3.05) is 4.90 Å². The van der Waals surface area contributed by atoms with Gasteiger partial charge in [0.05, 0.1) is 0 Å². The maximum Gasteiger partial charge on any atom is 0.139 e. The van der Waals surface area contributed by atoms with Gasteiger partial charge in [-0.3, -0.25) is 15.7 Å². The Labute approximate surface area is 169 Å². The standard InChI is InChI=1S/C26H19N3/c27-25-22-17-16-21(18-10-4-1-5-11-18)23(19-12-6-2-7-13-19)24(22)26(28)29(25)20-14-8-3-9-15-20/h1-17,27-28H. The van der Waals surface area contributed by atoms with Gasteiger partial charge in [-0.15, -0.1) is 0 Å². The molecule has 0 bridgehead atoms. The van der Waals surface area contributed by atoms with Gasteiger partial charge in [-0.05, 0) is 34.9 Å². The number of nitrogens with one attached hydrogen (secondary N) is 2. The Morgan fingerprint density at radius 1 is 0.448 bits per heavy atom. The second kappa shape index (κ2) is 6.88. The van der Waals surface area contributed by atoms with Crippen molar-refractivity contribution in [1.29, 1.82) is 10.8 Å². The fourth-order valence-electron chi connectivity index (χ4n) is 3.99. The first-order valence-corrected chi connectivity index (χ1v) is 9.56. The molecule has 4 aromatic rings. The average Bonchev–Trinajstić information content (AvgIpc) is 3.05. The minimum Gasteiger partial charge on any atom is -0.283 e. The Hall–Kier alpha value is -3.98. The van der Waals surface area contributed by atoms with Crippen LogP contribution in [0, 0.1) is 10.8 Å². The molecule has 0 radical (unpaired) electrons. The molecule has 0 saturated carbocycles. The molecule has 0 fully saturated rings. The van der Waals surface area contributed by atoms with E-state index in [0.29, 0.717) is 11.7 Å². The lowest BCUT2D eigenvalue weighted by molar-refractivity contribution is 1.34. The fraction of sp³-hybridized carbons (Fsp3) is 0. The van der Waals surface area contributed by atoms with Gasteiger partial charge in [0.1, 0.15) is 11.7 Å². The van der Waals surface area contributed by atoms with Crippen molar-refractivity contribution < 1.29 is 0 Å². The molecule has 0 aromatic heterocycles. The molecule has 4 aromatic carbocycles. The molecule has 3 nitrogen and oxygen atoms in total. The van der Waals surface area contributed by atoms with Crippen LogP contribution in [-0.2, 0) is 0 Å². The van der Waals surface area contributed by atoms with Crippen LogP contribution in [0.5, 0.6) is 0 Å². The van der Waals surface area contributed by atoms with Crippen LogP contribution < -0.4 is 4.90 Å². The molecule has 29 heavy (non-hydrogen) atoms. The minimum atomic E-state index is 0.341. The number of hydrogen-bond acceptors (Lipinski definition) is 2. The largest absolute Gasteiger partial charge is 0.283 e. The third kappa shape index (κ3) is 2.75. The van der Waals surface area contributed by atoms with Gasteiger partial charge in [0, 0.05) is 22.4 Å². The van der Waals surface area contributed by atoms with Gasteiger partial charge in [-0.1, -0.05) is 84.9 Å². The van der Waals surface area contributed by atoms with E-state index >= 15 is 0 Å². The lowest BCUT2D eigenvalue weighted by Gasteiger charge is -2.18. The highest BCUT2D eigenvalue weighted by atomic mass is 15.2. The quantitative estimate of drug-likeness (QED) is 0.442. The third-order valence-electron chi connectivity index (χ3n) is 5.31. The zero-order valence-corrected chi connectivity index (χ0v) is 15.8. The van der Waals surface area contributed by atoms with Crippen molar-refractivity contribution in [3.63, 3.8) is 0 Å². The average molecular weight is 373 g/mol. The highest BCUT2D eigenvalue weighted by molar-refractivity contribution is 6.38. The number of para-hydroxylation sites is 1. The maximum absolute atomic E-state index is 8.99. The van der Waals surface area contributed by atoms with Crippen molar-refractivity contribution in [3.05, 3.63) is 114 Å². The predicted octanol–water partition coefficient (Wildman–Crippen LogP) is 6.19. The molecule has 0 amide bonds. The summed E-state index contributed by atoms with van der Waals surface area (Å²) in [5.74, 6) is 0.681. The van der Waals surface area contributed by atoms with Gasteiger partial charge in [0.2, 0.25) is 0 Å². The number of rotatable bonds is 3. The molecule has 2 N–H and O–H groups in total. The van der Waals surface area contributed by atoms with Crippen LogP contribution in [0.4, 0.5) is 5.69 Å². The van der Waals surface area contributed by atoms with E-state index < -0.39 is 0 Å². The Balaban J connectivity index is 1.78. The zero-order valence-electron chi connectivity index (χ0n) is 15.8. The second-order valence-corrected chi connectivity index (χ2v) is 7.01. The van der Waals surface area contributed by atoms with Crippen molar-refractivity contribution in [2.45, 2.75) is 0 Å². The first-order valence-electron chi connectivity index (χ1n) is 9.56. The Bertz CT molecular complexity index is 1210. The van der Waals surface area contributed by atoms with Crippen LogP contribution in [0.25, 0.3) is 22.3 Å². The minimum absolute atomic E-state index is 0.341. The maximum atomic E-state index is 8.99. The summed E-state index contributed by atoms with van der Waals surface area (Å²) in [4.78, 5) is 1.71. The summed E-state index contributed by atoms with van der Waals surface area (Å²) in [5, 5.41) is 17.8. The van der Waals surface area contributed by atoms with Crippen molar-refractivity contribution >= 4 is 17.4 Å². The number of fused-ring (bicyclic) bond motifs is 1. The smallest absolute Gasteiger partial charge is 0.139 e. The van der Waals surface area contributed by atoms with Gasteiger partial charge in [-0.2, -0.15) is 0 Å². The number of nitrogens with zero attached hydrogens (tertiary/aromatic N) is 1. The van der Waals surface area contributed by atoms with E-state index in [2.05, 4.69) is 30.3 Å². The van der Waals surface area contributed by atoms with E-state index in [1.54, 1.807) is 4.90 Å². The molecule has 138 valence electrons. The van der Waals surface area contributed by atoms with Gasteiger partial charge >= 0.3 is 0 Å². The zero-order chi connectivity index (χ0) is 19.8. The van der Waals surface area contributed by atoms with Crippen LogP contribution in [0.15, 0.2) is 103 Å². The molecule has 3 heteroatoms. The monoisotopic (exact) mass is 373 g/mol. The molecular formula is C26H19N3. The van der Waals surface area contributed by atoms with E-state index in [4.69, 9.17) is 10.8 Å². The van der Waals surface area contributed by atoms with Gasteiger partial charge in [-0.25, -0.2) is 0 Å². The lowest BCUT2D eigenvalue weighted by atomic mass is 9.88. The molecule has 1 aliphatic rings. The SMILES string of the molecule is N=C1c2ccc(-c3ccccc3)c(-c3ccccc3)c2C(=N)N1c1ccccc1. The van der Waals surface area contributed by atoms with Gasteiger partial charge in [0.25, 0.3) is 0 Å². The summed E-state index contributed by atoms with van der Waals surface area (Å²) in [6, 6.07) is 34.2. The number of amidine groups is 2. The van der Waals surface area contributed by atoms with Crippen molar-refractivity contribution in [3.8, 4) is 22.3 Å². The van der Waals surface area contributed by atoms with Crippen LogP contribution >= 0.6 is 0 Å². The van der Waals surface area contributed by atoms with Gasteiger partial charge < -0.3 is 0 Å². The molecule has 0 saturated heterocycles. The van der Waals surface area contributed by atoms with E-state index in [-0.39, 0.29) is 0 Å². The number of benzene rings is 4. The predicted molar refractivity (Wildman–Crippen MR) is 120 cm³/mol. The molecule has 0 spiro atoms. The Kier molecular flexibility index (Phi) is 4.07. The number of anilines is 1. The van der Waals surface area contributed by atoms with Crippen molar-refractivity contribution in [1.82, 2.24) is 0 Å². The first-order chi connectivity index (χ1) is 14.3. The normalized spacial score (nSPS) is 12.9. The highest BCUT2D eigenvalue weighted by Crippen LogP contribution is 2.41. The van der Waals surface area contributed by atoms with Crippen LogP contribution in [0.3, 0.4) is 0 Å². The molecule has 0 unspecified atom stereocenters. The second-order valence-electron chi connectivity index (χ2n) is 7.01. The highest BCUT2D eigenvalue weighted by Gasteiger charge is 2.34. The van der Waals surface area contributed by atoms with E-state index in [0.717, 1.165) is 39.1 Å². The van der Waals surface area contributed by atoms with Gasteiger partial charge in [0.15, 0.2) is 0 Å². The Morgan fingerprint density at radius 3 is 1.59 bits per heavy atom. The van der Waals surface area contributed by atoms with E-state index in [1.165, 1.54) is 0 Å². The van der Waals surface area contributed by atoms with E-state index in [1.807, 2.05) is 72.8 Å². The van der Waals surface area contributed by atoms with Crippen LogP contribution in [0.2, 0.25) is 0 Å². The molecular weight excluding hydrogens is 354 g/mol.